The SMILES string of the molecule is CCCCCCC(CCC)C1(C)c2c(cccc2C(F)(F)F)C(=O)N1c1cccc(C2(Cc3nncn3C)COC2)c1. The molecule has 1 amide bonds. The predicted octanol–water partition coefficient (Wildman–Crippen LogP) is 7.61. The van der Waals surface area contributed by atoms with Crippen LogP contribution in [0.1, 0.15) is 98.6 Å². The number of nitrogens with zero attached hydrogens (tertiary/aromatic N) is 4. The summed E-state index contributed by atoms with van der Waals surface area (Å²) in [5, 5.41) is 8.29. The van der Waals surface area contributed by atoms with Crippen LogP contribution in [0.2, 0.25) is 0 Å². The summed E-state index contributed by atoms with van der Waals surface area (Å²) in [6.45, 7) is 7.05. The first-order chi connectivity index (χ1) is 20.1. The minimum Gasteiger partial charge on any atom is -0.379 e. The van der Waals surface area contributed by atoms with Gasteiger partial charge in [0, 0.05) is 35.7 Å². The Hall–Kier alpha value is -3.20. The van der Waals surface area contributed by atoms with Crippen molar-refractivity contribution in [2.45, 2.75) is 89.3 Å². The molecule has 0 N–H and O–H groups in total. The normalized spacial score (nSPS) is 20.5. The molecule has 2 aromatic carbocycles. The van der Waals surface area contributed by atoms with Crippen molar-refractivity contribution in [2.75, 3.05) is 18.1 Å². The second kappa shape index (κ2) is 11.8. The minimum absolute atomic E-state index is 0.114. The highest BCUT2D eigenvalue weighted by Gasteiger charge is 2.55. The highest BCUT2D eigenvalue weighted by atomic mass is 19.4. The smallest absolute Gasteiger partial charge is 0.379 e. The number of ether oxygens (including phenoxy) is 1. The molecule has 42 heavy (non-hydrogen) atoms. The Bertz CT molecular complexity index is 1410. The number of unbranched alkanes of at least 4 members (excludes halogenated alkanes) is 3. The molecule has 2 aliphatic heterocycles. The van der Waals surface area contributed by atoms with Gasteiger partial charge in [-0.3, -0.25) is 9.69 Å². The van der Waals surface area contributed by atoms with Gasteiger partial charge in [0.15, 0.2) is 0 Å². The number of aryl methyl sites for hydroxylation is 1. The Morgan fingerprint density at radius 1 is 1.02 bits per heavy atom. The maximum absolute atomic E-state index is 14.6. The minimum atomic E-state index is -4.58. The summed E-state index contributed by atoms with van der Waals surface area (Å²) in [4.78, 5) is 15.9. The number of alkyl halides is 3. The Morgan fingerprint density at radius 2 is 1.79 bits per heavy atom. The maximum Gasteiger partial charge on any atom is 0.416 e. The predicted molar refractivity (Wildman–Crippen MR) is 156 cm³/mol. The van der Waals surface area contributed by atoms with Crippen LogP contribution < -0.4 is 4.90 Å². The average molecular weight is 583 g/mol. The second-order valence-corrected chi connectivity index (χ2v) is 12.2. The molecule has 6 nitrogen and oxygen atoms in total. The Balaban J connectivity index is 1.63. The number of hydrogen-bond acceptors (Lipinski definition) is 4. The molecule has 0 bridgehead atoms. The lowest BCUT2D eigenvalue weighted by atomic mass is 9.72. The number of carbonyl (C=O) groups excluding carboxylic acids is 1. The van der Waals surface area contributed by atoms with E-state index in [1.165, 1.54) is 6.07 Å². The standard InChI is InChI=1S/C33H41F3N4O2/c1-5-7-8-9-13-23(12-6-2)31(3)29-26(16-11-17-27(29)33(34,35)36)30(41)40(31)25-15-10-14-24(18-25)32(20-42-21-32)19-28-38-37-22-39(28)4/h10-11,14-18,22-23H,5-9,12-13,19-21H2,1-4H3. The van der Waals surface area contributed by atoms with E-state index < -0.39 is 17.3 Å². The zero-order valence-electron chi connectivity index (χ0n) is 25.0. The van der Waals surface area contributed by atoms with Crippen LogP contribution in [0.15, 0.2) is 48.8 Å². The number of hydrogen-bond donors (Lipinski definition) is 0. The van der Waals surface area contributed by atoms with Crippen molar-refractivity contribution in [3.63, 3.8) is 0 Å². The lowest BCUT2D eigenvalue weighted by Crippen LogP contribution is -2.50. The van der Waals surface area contributed by atoms with Gasteiger partial charge in [0.2, 0.25) is 0 Å². The van der Waals surface area contributed by atoms with Crippen LogP contribution in [-0.4, -0.2) is 33.9 Å². The highest BCUT2D eigenvalue weighted by Crippen LogP contribution is 2.53. The van der Waals surface area contributed by atoms with E-state index >= 15 is 0 Å². The van der Waals surface area contributed by atoms with Crippen LogP contribution in [0.3, 0.4) is 0 Å². The molecule has 226 valence electrons. The summed E-state index contributed by atoms with van der Waals surface area (Å²) in [6.07, 6.45) is 4.08. The number of carbonyl (C=O) groups is 1. The molecule has 0 spiro atoms. The van der Waals surface area contributed by atoms with E-state index in [0.29, 0.717) is 25.3 Å². The molecule has 2 unspecified atom stereocenters. The van der Waals surface area contributed by atoms with Crippen molar-refractivity contribution in [1.82, 2.24) is 14.8 Å². The van der Waals surface area contributed by atoms with E-state index in [9.17, 15) is 18.0 Å². The van der Waals surface area contributed by atoms with Crippen LogP contribution in [-0.2, 0) is 35.3 Å². The molecule has 0 radical (unpaired) electrons. The quantitative estimate of drug-likeness (QED) is 0.206. The average Bonchev–Trinajstić information content (AvgIpc) is 3.45. The van der Waals surface area contributed by atoms with E-state index in [-0.39, 0.29) is 28.4 Å². The number of fused-ring (bicyclic) bond motifs is 1. The number of rotatable bonds is 12. The van der Waals surface area contributed by atoms with Crippen LogP contribution in [0, 0.1) is 5.92 Å². The largest absolute Gasteiger partial charge is 0.416 e. The topological polar surface area (TPSA) is 60.2 Å². The van der Waals surface area contributed by atoms with E-state index in [1.807, 2.05) is 42.8 Å². The molecule has 9 heteroatoms. The third kappa shape index (κ3) is 5.25. The van der Waals surface area contributed by atoms with Crippen molar-refractivity contribution in [3.05, 3.63) is 76.9 Å². The fraction of sp³-hybridized carbons (Fsp3) is 0.545. The van der Waals surface area contributed by atoms with Crippen LogP contribution in [0.5, 0.6) is 0 Å². The first kappa shape index (κ1) is 30.3. The lowest BCUT2D eigenvalue weighted by molar-refractivity contribution is -0.138. The third-order valence-electron chi connectivity index (χ3n) is 9.39. The van der Waals surface area contributed by atoms with Crippen molar-refractivity contribution >= 4 is 11.6 Å². The molecule has 3 aromatic rings. The van der Waals surface area contributed by atoms with E-state index in [1.54, 1.807) is 17.3 Å². The summed E-state index contributed by atoms with van der Waals surface area (Å²) in [5.41, 5.74) is -0.379. The lowest BCUT2D eigenvalue weighted by Gasteiger charge is -2.45. The van der Waals surface area contributed by atoms with Gasteiger partial charge in [0.1, 0.15) is 12.2 Å². The van der Waals surface area contributed by atoms with Gasteiger partial charge >= 0.3 is 6.18 Å². The fourth-order valence-electron chi connectivity index (χ4n) is 7.06. The number of benzene rings is 2. The number of amides is 1. The molecule has 1 saturated heterocycles. The number of aromatic nitrogens is 3. The van der Waals surface area contributed by atoms with Crippen LogP contribution in [0.25, 0.3) is 0 Å². The third-order valence-corrected chi connectivity index (χ3v) is 9.39. The summed E-state index contributed by atoms with van der Waals surface area (Å²) in [7, 11) is 1.90. The summed E-state index contributed by atoms with van der Waals surface area (Å²) >= 11 is 0. The zero-order valence-corrected chi connectivity index (χ0v) is 25.0. The number of halogens is 3. The molecule has 1 fully saturated rings. The molecule has 2 aliphatic rings. The van der Waals surface area contributed by atoms with Crippen molar-refractivity contribution in [2.24, 2.45) is 13.0 Å². The summed E-state index contributed by atoms with van der Waals surface area (Å²) in [6, 6.07) is 11.8. The van der Waals surface area contributed by atoms with Gasteiger partial charge in [-0.25, -0.2) is 0 Å². The van der Waals surface area contributed by atoms with Crippen molar-refractivity contribution in [3.8, 4) is 0 Å². The molecular formula is C33H41F3N4O2. The summed E-state index contributed by atoms with van der Waals surface area (Å²) in [5.74, 6) is 0.303. The van der Waals surface area contributed by atoms with E-state index in [4.69, 9.17) is 4.74 Å². The molecule has 0 saturated carbocycles. The Morgan fingerprint density at radius 3 is 2.40 bits per heavy atom. The van der Waals surface area contributed by atoms with Gasteiger partial charge in [-0.05, 0) is 55.5 Å². The molecule has 2 atom stereocenters. The van der Waals surface area contributed by atoms with Crippen molar-refractivity contribution in [1.29, 1.82) is 0 Å². The highest BCUT2D eigenvalue weighted by molar-refractivity contribution is 6.12. The maximum atomic E-state index is 14.6. The molecule has 3 heterocycles. The zero-order chi connectivity index (χ0) is 30.1. The second-order valence-electron chi connectivity index (χ2n) is 12.2. The monoisotopic (exact) mass is 582 g/mol. The molecule has 1 aromatic heterocycles. The van der Waals surface area contributed by atoms with E-state index in [2.05, 4.69) is 24.0 Å². The van der Waals surface area contributed by atoms with Gasteiger partial charge in [0.25, 0.3) is 5.91 Å². The van der Waals surface area contributed by atoms with Gasteiger partial charge < -0.3 is 9.30 Å². The van der Waals surface area contributed by atoms with Gasteiger partial charge in [-0.2, -0.15) is 13.2 Å². The van der Waals surface area contributed by atoms with Gasteiger partial charge in [-0.15, -0.1) is 10.2 Å². The Kier molecular flexibility index (Phi) is 8.52. The first-order valence-corrected chi connectivity index (χ1v) is 15.1. The Labute approximate surface area is 246 Å². The first-order valence-electron chi connectivity index (χ1n) is 15.1. The van der Waals surface area contributed by atoms with Gasteiger partial charge in [-0.1, -0.05) is 64.2 Å². The summed E-state index contributed by atoms with van der Waals surface area (Å²) < 4.78 is 51.3. The van der Waals surface area contributed by atoms with Crippen LogP contribution in [0.4, 0.5) is 18.9 Å². The van der Waals surface area contributed by atoms with Crippen molar-refractivity contribution < 1.29 is 22.7 Å². The molecule has 5 rings (SSSR count). The molecular weight excluding hydrogens is 541 g/mol. The number of anilines is 1. The fourth-order valence-corrected chi connectivity index (χ4v) is 7.06. The van der Waals surface area contributed by atoms with Crippen LogP contribution >= 0.6 is 0 Å². The van der Waals surface area contributed by atoms with E-state index in [0.717, 1.165) is 62.4 Å². The molecule has 0 aliphatic carbocycles. The van der Waals surface area contributed by atoms with Gasteiger partial charge in [0.05, 0.1) is 24.3 Å².